The molecule has 5 heteroatoms. The smallest absolute Gasteiger partial charge is 0.328 e. The molecule has 68 valence electrons. The first-order valence-electron chi connectivity index (χ1n) is 3.87. The van der Waals surface area contributed by atoms with E-state index < -0.39 is 12.0 Å². The molecule has 0 saturated heterocycles. The lowest BCUT2D eigenvalue weighted by Crippen LogP contribution is -2.48. The summed E-state index contributed by atoms with van der Waals surface area (Å²) in [5, 5.41) is 11.1. The topological polar surface area (TPSA) is 71.3 Å². The highest BCUT2D eigenvalue weighted by Crippen LogP contribution is 2.09. The molecule has 13 heavy (non-hydrogen) atoms. The summed E-state index contributed by atoms with van der Waals surface area (Å²) in [5.41, 5.74) is 0.512. The van der Waals surface area contributed by atoms with Gasteiger partial charge in [-0.05, 0) is 12.1 Å². The minimum atomic E-state index is -1.01. The standard InChI is InChI=1S/C8H8N2O3/c11-7-6-2-1-3-10(6)4-5(9-7)8(12)13/h1-3,5H,4H2,(H,9,11)(H,12,13)/t5-/m0/s1. The van der Waals surface area contributed by atoms with E-state index >= 15 is 0 Å². The van der Waals surface area contributed by atoms with Crippen LogP contribution in [-0.2, 0) is 11.3 Å². The number of amides is 1. The molecule has 0 bridgehead atoms. The maximum Gasteiger partial charge on any atom is 0.328 e. The third-order valence-corrected chi connectivity index (χ3v) is 2.04. The van der Waals surface area contributed by atoms with E-state index in [4.69, 9.17) is 5.11 Å². The molecule has 2 rings (SSSR count). The molecule has 1 aromatic heterocycles. The Kier molecular flexibility index (Phi) is 1.58. The second-order valence-corrected chi connectivity index (χ2v) is 2.91. The summed E-state index contributed by atoms with van der Waals surface area (Å²) in [5.74, 6) is -1.34. The molecular formula is C8H8N2O3. The fourth-order valence-electron chi connectivity index (χ4n) is 1.39. The van der Waals surface area contributed by atoms with Gasteiger partial charge in [0.05, 0.1) is 6.54 Å². The van der Waals surface area contributed by atoms with Gasteiger partial charge in [-0.3, -0.25) is 4.79 Å². The Labute approximate surface area is 74.0 Å². The summed E-state index contributed by atoms with van der Waals surface area (Å²) in [7, 11) is 0. The number of carbonyl (C=O) groups excluding carboxylic acids is 1. The van der Waals surface area contributed by atoms with Crippen molar-refractivity contribution in [2.24, 2.45) is 0 Å². The first kappa shape index (κ1) is 7.85. The van der Waals surface area contributed by atoms with Gasteiger partial charge in [0.25, 0.3) is 5.91 Å². The molecule has 1 atom stereocenters. The van der Waals surface area contributed by atoms with Gasteiger partial charge >= 0.3 is 5.97 Å². The van der Waals surface area contributed by atoms with Gasteiger partial charge in [0.15, 0.2) is 0 Å². The van der Waals surface area contributed by atoms with Crippen LogP contribution in [0.1, 0.15) is 10.5 Å². The van der Waals surface area contributed by atoms with Crippen LogP contribution >= 0.6 is 0 Å². The molecule has 0 radical (unpaired) electrons. The van der Waals surface area contributed by atoms with Crippen LogP contribution in [0.2, 0.25) is 0 Å². The highest BCUT2D eigenvalue weighted by atomic mass is 16.4. The maximum absolute atomic E-state index is 11.3. The van der Waals surface area contributed by atoms with Gasteiger partial charge in [0.1, 0.15) is 11.7 Å². The Morgan fingerprint density at radius 1 is 1.69 bits per heavy atom. The van der Waals surface area contributed by atoms with Crippen molar-refractivity contribution in [3.63, 3.8) is 0 Å². The summed E-state index contributed by atoms with van der Waals surface area (Å²) in [6.07, 6.45) is 1.70. The van der Waals surface area contributed by atoms with E-state index in [-0.39, 0.29) is 5.91 Å². The highest BCUT2D eigenvalue weighted by Gasteiger charge is 2.27. The van der Waals surface area contributed by atoms with E-state index in [1.165, 1.54) is 0 Å². The molecule has 2 N–H and O–H groups in total. The van der Waals surface area contributed by atoms with Crippen LogP contribution in [0, 0.1) is 0 Å². The van der Waals surface area contributed by atoms with Crippen molar-refractivity contribution < 1.29 is 14.7 Å². The number of fused-ring (bicyclic) bond motifs is 1. The van der Waals surface area contributed by atoms with E-state index in [0.29, 0.717) is 12.2 Å². The van der Waals surface area contributed by atoms with Crippen molar-refractivity contribution in [1.82, 2.24) is 9.88 Å². The van der Waals surface area contributed by atoms with Crippen LogP contribution in [-0.4, -0.2) is 27.6 Å². The molecule has 2 heterocycles. The second-order valence-electron chi connectivity index (χ2n) is 2.91. The minimum Gasteiger partial charge on any atom is -0.480 e. The fourth-order valence-corrected chi connectivity index (χ4v) is 1.39. The van der Waals surface area contributed by atoms with E-state index in [1.54, 1.807) is 22.9 Å². The first-order chi connectivity index (χ1) is 6.18. The molecule has 1 aliphatic heterocycles. The molecule has 1 aliphatic rings. The van der Waals surface area contributed by atoms with Crippen molar-refractivity contribution in [2.75, 3.05) is 0 Å². The Bertz CT molecular complexity index is 369. The lowest BCUT2D eigenvalue weighted by atomic mass is 10.2. The molecule has 1 aromatic rings. The SMILES string of the molecule is O=C1N[C@H](C(=O)O)Cn2cccc21. The molecule has 0 aliphatic carbocycles. The monoisotopic (exact) mass is 180 g/mol. The molecule has 0 aromatic carbocycles. The zero-order valence-electron chi connectivity index (χ0n) is 6.73. The molecule has 0 fully saturated rings. The summed E-state index contributed by atoms with van der Waals surface area (Å²) in [6, 6.07) is 2.57. The van der Waals surface area contributed by atoms with Crippen LogP contribution in [0.5, 0.6) is 0 Å². The van der Waals surface area contributed by atoms with Crippen molar-refractivity contribution in [3.8, 4) is 0 Å². The second kappa shape index (κ2) is 2.62. The number of nitrogens with zero attached hydrogens (tertiary/aromatic N) is 1. The molecule has 1 amide bonds. The number of hydrogen-bond donors (Lipinski definition) is 2. The zero-order valence-corrected chi connectivity index (χ0v) is 6.73. The van der Waals surface area contributed by atoms with Crippen LogP contribution < -0.4 is 5.32 Å². The minimum absolute atomic E-state index is 0.295. The predicted octanol–water partition coefficient (Wildman–Crippen LogP) is -0.315. The summed E-state index contributed by atoms with van der Waals surface area (Å²) >= 11 is 0. The number of aliphatic carboxylic acids is 1. The van der Waals surface area contributed by atoms with E-state index in [2.05, 4.69) is 5.32 Å². The van der Waals surface area contributed by atoms with E-state index in [0.717, 1.165) is 0 Å². The lowest BCUT2D eigenvalue weighted by Gasteiger charge is -2.22. The Morgan fingerprint density at radius 3 is 3.15 bits per heavy atom. The highest BCUT2D eigenvalue weighted by molar-refractivity contribution is 5.96. The van der Waals surface area contributed by atoms with Crippen LogP contribution in [0.25, 0.3) is 0 Å². The number of carbonyl (C=O) groups is 2. The van der Waals surface area contributed by atoms with E-state index in [9.17, 15) is 9.59 Å². The maximum atomic E-state index is 11.3. The Balaban J connectivity index is 2.34. The van der Waals surface area contributed by atoms with Gasteiger partial charge in [-0.15, -0.1) is 0 Å². The lowest BCUT2D eigenvalue weighted by molar-refractivity contribution is -0.139. The predicted molar refractivity (Wildman–Crippen MR) is 43.3 cm³/mol. The average molecular weight is 180 g/mol. The van der Waals surface area contributed by atoms with E-state index in [1.807, 2.05) is 0 Å². The van der Waals surface area contributed by atoms with Crippen molar-refractivity contribution >= 4 is 11.9 Å². The number of aromatic nitrogens is 1. The van der Waals surface area contributed by atoms with Crippen LogP contribution in [0.15, 0.2) is 18.3 Å². The van der Waals surface area contributed by atoms with Gasteiger partial charge in [-0.2, -0.15) is 0 Å². The van der Waals surface area contributed by atoms with Crippen LogP contribution in [0.3, 0.4) is 0 Å². The van der Waals surface area contributed by atoms with Gasteiger partial charge in [-0.25, -0.2) is 4.79 Å². The Morgan fingerprint density at radius 2 is 2.46 bits per heavy atom. The van der Waals surface area contributed by atoms with Crippen molar-refractivity contribution in [1.29, 1.82) is 0 Å². The number of carboxylic acid groups (broad SMARTS) is 1. The molecular weight excluding hydrogens is 172 g/mol. The quantitative estimate of drug-likeness (QED) is 0.622. The summed E-state index contributed by atoms with van der Waals surface area (Å²) in [6.45, 7) is 0.295. The van der Waals surface area contributed by atoms with Crippen LogP contribution in [0.4, 0.5) is 0 Å². The number of nitrogens with one attached hydrogen (secondary N) is 1. The number of rotatable bonds is 1. The van der Waals surface area contributed by atoms with Gasteiger partial charge in [0, 0.05) is 6.20 Å². The zero-order chi connectivity index (χ0) is 9.42. The van der Waals surface area contributed by atoms with Crippen molar-refractivity contribution in [2.45, 2.75) is 12.6 Å². The normalized spacial score (nSPS) is 20.6. The number of carboxylic acids is 1. The average Bonchev–Trinajstić information content (AvgIpc) is 2.51. The Hall–Kier alpha value is -1.78. The van der Waals surface area contributed by atoms with Crippen molar-refractivity contribution in [3.05, 3.63) is 24.0 Å². The van der Waals surface area contributed by atoms with Gasteiger partial charge in [0.2, 0.25) is 0 Å². The first-order valence-corrected chi connectivity index (χ1v) is 3.87. The molecule has 5 nitrogen and oxygen atoms in total. The summed E-state index contributed by atoms with van der Waals surface area (Å²) in [4.78, 5) is 21.9. The largest absolute Gasteiger partial charge is 0.480 e. The number of hydrogen-bond acceptors (Lipinski definition) is 2. The molecule has 0 unspecified atom stereocenters. The summed E-state index contributed by atoms with van der Waals surface area (Å²) < 4.78 is 1.64. The third-order valence-electron chi connectivity index (χ3n) is 2.04. The molecule has 0 saturated carbocycles. The third kappa shape index (κ3) is 1.18. The fraction of sp³-hybridized carbons (Fsp3) is 0.250. The van der Waals surface area contributed by atoms with Gasteiger partial charge in [-0.1, -0.05) is 0 Å². The molecule has 0 spiro atoms. The van der Waals surface area contributed by atoms with Gasteiger partial charge < -0.3 is 15.0 Å².